The molecule has 0 spiro atoms. The number of fused-ring (bicyclic) bond motifs is 1. The molecule has 0 aliphatic carbocycles. The molecule has 0 aliphatic rings. The average molecular weight is 315 g/mol. The zero-order chi connectivity index (χ0) is 15.7. The van der Waals surface area contributed by atoms with Gasteiger partial charge in [0.25, 0.3) is 11.1 Å². The first kappa shape index (κ1) is 14.8. The molecule has 22 heavy (non-hydrogen) atoms. The highest BCUT2D eigenvalue weighted by Gasteiger charge is 2.22. The van der Waals surface area contributed by atoms with E-state index in [9.17, 15) is 4.79 Å². The number of carbonyl (C=O) groups excluding carboxylic acids is 1. The molecule has 3 aromatic rings. The highest BCUT2D eigenvalue weighted by molar-refractivity contribution is 7.99. The summed E-state index contributed by atoms with van der Waals surface area (Å²) in [4.78, 5) is 15.1. The molecule has 0 saturated heterocycles. The number of hydrogen-bond donors (Lipinski definition) is 1. The molecule has 1 N–H and O–H groups in total. The van der Waals surface area contributed by atoms with Crippen LogP contribution in [0.1, 0.15) is 20.8 Å². The van der Waals surface area contributed by atoms with Gasteiger partial charge in [-0.1, -0.05) is 50.7 Å². The fraction of sp³-hybridized carbons (Fsp3) is 0.312. The molecular formula is C16H17N3O2S. The molecule has 5 nitrogen and oxygen atoms in total. The Morgan fingerprint density at radius 1 is 1.27 bits per heavy atom. The van der Waals surface area contributed by atoms with Gasteiger partial charge >= 0.3 is 0 Å². The molecule has 1 aromatic carbocycles. The van der Waals surface area contributed by atoms with Gasteiger partial charge in [-0.05, 0) is 6.07 Å². The Morgan fingerprint density at radius 3 is 2.82 bits per heavy atom. The molecule has 114 valence electrons. The van der Waals surface area contributed by atoms with E-state index in [2.05, 4.69) is 15.2 Å². The van der Waals surface area contributed by atoms with Crippen molar-refractivity contribution in [3.63, 3.8) is 0 Å². The molecular weight excluding hydrogens is 298 g/mol. The minimum Gasteiger partial charge on any atom is -0.411 e. The quantitative estimate of drug-likeness (QED) is 0.739. The van der Waals surface area contributed by atoms with Crippen molar-refractivity contribution >= 4 is 28.4 Å². The summed E-state index contributed by atoms with van der Waals surface area (Å²) in [5.74, 6) is 0.950. The fourth-order valence-electron chi connectivity index (χ4n) is 1.97. The van der Waals surface area contributed by atoms with Gasteiger partial charge in [0.2, 0.25) is 0 Å². The number of aromatic nitrogens is 3. The van der Waals surface area contributed by atoms with Crippen molar-refractivity contribution in [1.29, 1.82) is 0 Å². The first-order valence-corrected chi connectivity index (χ1v) is 8.00. The van der Waals surface area contributed by atoms with E-state index < -0.39 is 0 Å². The number of rotatable bonds is 4. The van der Waals surface area contributed by atoms with E-state index in [0.717, 1.165) is 16.5 Å². The minimum atomic E-state index is -0.354. The minimum absolute atomic E-state index is 0.157. The lowest BCUT2D eigenvalue weighted by Crippen LogP contribution is -2.21. The van der Waals surface area contributed by atoms with Gasteiger partial charge in [0.05, 0.1) is 11.3 Å². The number of Topliss-reactive ketones (excluding diaryl/α,β-unsaturated/α-hetero) is 1. The second-order valence-corrected chi connectivity index (χ2v) is 7.01. The number of aromatic amines is 1. The number of benzene rings is 1. The Morgan fingerprint density at radius 2 is 2.05 bits per heavy atom. The van der Waals surface area contributed by atoms with Gasteiger partial charge in [0, 0.05) is 22.5 Å². The van der Waals surface area contributed by atoms with Crippen LogP contribution >= 0.6 is 11.8 Å². The Balaban J connectivity index is 1.78. The number of carbonyl (C=O) groups is 1. The number of nitrogens with zero attached hydrogens (tertiary/aromatic N) is 2. The normalized spacial score (nSPS) is 12.0. The third kappa shape index (κ3) is 2.92. The van der Waals surface area contributed by atoms with Crippen molar-refractivity contribution in [2.24, 2.45) is 5.41 Å². The molecule has 2 heterocycles. The Bertz CT molecular complexity index is 814. The van der Waals surface area contributed by atoms with Crippen LogP contribution in [-0.2, 0) is 4.79 Å². The lowest BCUT2D eigenvalue weighted by Gasteiger charge is -2.14. The molecule has 0 aliphatic heterocycles. The predicted octanol–water partition coefficient (Wildman–Crippen LogP) is 3.93. The van der Waals surface area contributed by atoms with Crippen molar-refractivity contribution in [3.8, 4) is 11.5 Å². The summed E-state index contributed by atoms with van der Waals surface area (Å²) in [5, 5.41) is 9.54. The summed E-state index contributed by atoms with van der Waals surface area (Å²) < 4.78 is 5.67. The number of nitrogens with one attached hydrogen (secondary N) is 1. The van der Waals surface area contributed by atoms with Crippen molar-refractivity contribution < 1.29 is 9.21 Å². The summed E-state index contributed by atoms with van der Waals surface area (Å²) in [6.07, 6.45) is 1.85. The van der Waals surface area contributed by atoms with Crippen LogP contribution in [-0.4, -0.2) is 26.7 Å². The van der Waals surface area contributed by atoms with Crippen LogP contribution < -0.4 is 0 Å². The SMILES string of the molecule is CC(C)(C)C(=O)CSc1nnc(-c2c[nH]c3ccccc23)o1. The van der Waals surface area contributed by atoms with E-state index in [1.54, 1.807) is 0 Å². The smallest absolute Gasteiger partial charge is 0.277 e. The fourth-order valence-corrected chi connectivity index (χ4v) is 2.89. The van der Waals surface area contributed by atoms with E-state index >= 15 is 0 Å². The van der Waals surface area contributed by atoms with Crippen LogP contribution in [0.15, 0.2) is 40.1 Å². The van der Waals surface area contributed by atoms with Gasteiger partial charge in [-0.25, -0.2) is 0 Å². The average Bonchev–Trinajstić information content (AvgIpc) is 3.09. The van der Waals surface area contributed by atoms with Crippen molar-refractivity contribution in [2.45, 2.75) is 26.0 Å². The summed E-state index contributed by atoms with van der Waals surface area (Å²) in [5.41, 5.74) is 1.54. The first-order chi connectivity index (χ1) is 10.4. The number of H-pyrrole nitrogens is 1. The largest absolute Gasteiger partial charge is 0.411 e. The molecule has 0 atom stereocenters. The molecule has 0 radical (unpaired) electrons. The topological polar surface area (TPSA) is 71.8 Å². The molecule has 6 heteroatoms. The number of para-hydroxylation sites is 1. The van der Waals surface area contributed by atoms with Crippen LogP contribution in [0.5, 0.6) is 0 Å². The molecule has 2 aromatic heterocycles. The summed E-state index contributed by atoms with van der Waals surface area (Å²) in [6.45, 7) is 5.71. The summed E-state index contributed by atoms with van der Waals surface area (Å²) in [6, 6.07) is 7.93. The van der Waals surface area contributed by atoms with Gasteiger partial charge in [-0.3, -0.25) is 4.79 Å². The highest BCUT2D eigenvalue weighted by atomic mass is 32.2. The second kappa shape index (κ2) is 5.61. The predicted molar refractivity (Wildman–Crippen MR) is 86.8 cm³/mol. The zero-order valence-corrected chi connectivity index (χ0v) is 13.5. The van der Waals surface area contributed by atoms with Crippen LogP contribution in [0.3, 0.4) is 0 Å². The zero-order valence-electron chi connectivity index (χ0n) is 12.7. The third-order valence-electron chi connectivity index (χ3n) is 3.39. The Kier molecular flexibility index (Phi) is 3.78. The monoisotopic (exact) mass is 315 g/mol. The van der Waals surface area contributed by atoms with E-state index in [0.29, 0.717) is 16.9 Å². The van der Waals surface area contributed by atoms with Crippen LogP contribution in [0.4, 0.5) is 0 Å². The Labute approximate surface area is 132 Å². The van der Waals surface area contributed by atoms with E-state index in [1.807, 2.05) is 51.2 Å². The number of thioether (sulfide) groups is 1. The maximum absolute atomic E-state index is 11.9. The van der Waals surface area contributed by atoms with Crippen molar-refractivity contribution in [1.82, 2.24) is 15.2 Å². The van der Waals surface area contributed by atoms with Gasteiger partial charge in [-0.2, -0.15) is 0 Å². The van der Waals surface area contributed by atoms with E-state index in [4.69, 9.17) is 4.42 Å². The number of hydrogen-bond acceptors (Lipinski definition) is 5. The maximum Gasteiger partial charge on any atom is 0.277 e. The van der Waals surface area contributed by atoms with Crippen molar-refractivity contribution in [3.05, 3.63) is 30.5 Å². The molecule has 0 fully saturated rings. The molecule has 0 amide bonds. The molecule has 3 rings (SSSR count). The van der Waals surface area contributed by atoms with Crippen molar-refractivity contribution in [2.75, 3.05) is 5.75 Å². The van der Waals surface area contributed by atoms with Gasteiger partial charge < -0.3 is 9.40 Å². The van der Waals surface area contributed by atoms with Gasteiger partial charge in [0.15, 0.2) is 0 Å². The molecule has 0 bridgehead atoms. The van der Waals surface area contributed by atoms with E-state index in [-0.39, 0.29) is 11.2 Å². The first-order valence-electron chi connectivity index (χ1n) is 7.01. The Hall–Kier alpha value is -2.08. The van der Waals surface area contributed by atoms with Crippen LogP contribution in [0.2, 0.25) is 0 Å². The summed E-state index contributed by atoms with van der Waals surface area (Å²) in [7, 11) is 0. The number of ketones is 1. The third-order valence-corrected chi connectivity index (χ3v) is 4.21. The lowest BCUT2D eigenvalue weighted by molar-refractivity contribution is -0.123. The molecule has 0 saturated carbocycles. The summed E-state index contributed by atoms with van der Waals surface area (Å²) >= 11 is 1.28. The second-order valence-electron chi connectivity index (χ2n) is 6.08. The van der Waals surface area contributed by atoms with Crippen LogP contribution in [0, 0.1) is 5.41 Å². The van der Waals surface area contributed by atoms with Crippen LogP contribution in [0.25, 0.3) is 22.4 Å². The molecule has 0 unspecified atom stereocenters. The highest BCUT2D eigenvalue weighted by Crippen LogP contribution is 2.30. The lowest BCUT2D eigenvalue weighted by atomic mass is 9.92. The standard InChI is InChI=1S/C16H17N3O2S/c1-16(2,3)13(20)9-22-15-19-18-14(21-15)11-8-17-12-7-5-4-6-10(11)12/h4-8,17H,9H2,1-3H3. The van der Waals surface area contributed by atoms with E-state index in [1.165, 1.54) is 11.8 Å². The maximum atomic E-state index is 11.9. The van der Waals surface area contributed by atoms with Gasteiger partial charge in [-0.15, -0.1) is 10.2 Å². The van der Waals surface area contributed by atoms with Gasteiger partial charge in [0.1, 0.15) is 5.78 Å².